The first-order chi connectivity index (χ1) is 31.8. The zero-order valence-electron chi connectivity index (χ0n) is 40.4. The zero-order chi connectivity index (χ0) is 49.9. The number of ether oxygens (including phenoxy) is 6. The summed E-state index contributed by atoms with van der Waals surface area (Å²) in [5.74, 6) is -2.32. The summed E-state index contributed by atoms with van der Waals surface area (Å²) in [5, 5.41) is 10.7. The first-order valence-corrected chi connectivity index (χ1v) is 22.8. The Labute approximate surface area is 393 Å². The Morgan fingerprint density at radius 1 is 0.761 bits per heavy atom. The fourth-order valence-electron chi connectivity index (χ4n) is 6.32. The van der Waals surface area contributed by atoms with Crippen molar-refractivity contribution in [1.82, 2.24) is 30.7 Å². The maximum Gasteiger partial charge on any atom is 0.409 e. The highest BCUT2D eigenvalue weighted by atomic mass is 16.6. The van der Waals surface area contributed by atoms with Crippen LogP contribution in [0.5, 0.6) is 0 Å². The number of nitrogens with zero attached hydrogens (tertiary/aromatic N) is 3. The van der Waals surface area contributed by atoms with Crippen LogP contribution in [0, 0.1) is 17.8 Å². The number of nitrogens with two attached hydrogens (primary N) is 1. The van der Waals surface area contributed by atoms with E-state index in [-0.39, 0.29) is 114 Å². The maximum atomic E-state index is 13.5. The van der Waals surface area contributed by atoms with E-state index >= 15 is 0 Å². The van der Waals surface area contributed by atoms with E-state index < -0.39 is 48.0 Å². The standard InChI is InChI=1S/C45H74N8O14/c1-30(2)35-28-38(55)53(42(35)58)19-21-63-23-25-65-27-26-64-24-22-62-20-15-37(54)50-39(31(3)4)41(57)49-36(10-9-16-47-43(46)59)40(56)48-34-13-11-33(12-14-34)29-66-44(60)51(7)17-18-52(8)45(61)67-32(5)6/h11-14,30-32,35-36,39H,9-10,15-29H2,1-8H3,(H,48,56)(H,49,57)(H,50,54)(H3,46,47,59)/t35?,36-,39?/m0/s1. The summed E-state index contributed by atoms with van der Waals surface area (Å²) < 4.78 is 32.5. The largest absolute Gasteiger partial charge is 0.447 e. The van der Waals surface area contributed by atoms with Gasteiger partial charge in [-0.15, -0.1) is 0 Å². The topological polar surface area (TPSA) is 276 Å². The van der Waals surface area contributed by atoms with Gasteiger partial charge in [0.05, 0.1) is 65.5 Å². The lowest BCUT2D eigenvalue weighted by molar-refractivity contribution is -0.140. The number of carbonyl (C=O) groups excluding carboxylic acids is 8. The minimum absolute atomic E-state index is 0.0270. The normalized spacial score (nSPS) is 14.5. The van der Waals surface area contributed by atoms with Crippen molar-refractivity contribution in [2.45, 2.75) is 92.0 Å². The summed E-state index contributed by atoms with van der Waals surface area (Å²) in [6.45, 7) is 13.7. The molecule has 1 aliphatic heterocycles. The highest BCUT2D eigenvalue weighted by molar-refractivity contribution is 6.03. The van der Waals surface area contributed by atoms with Crippen molar-refractivity contribution in [3.05, 3.63) is 29.8 Å². The van der Waals surface area contributed by atoms with Crippen molar-refractivity contribution < 1.29 is 66.8 Å². The van der Waals surface area contributed by atoms with Gasteiger partial charge < -0.3 is 65.2 Å². The Hall–Kier alpha value is -5.58. The fourth-order valence-corrected chi connectivity index (χ4v) is 6.32. The van der Waals surface area contributed by atoms with E-state index in [1.165, 1.54) is 14.7 Å². The number of anilines is 1. The first-order valence-electron chi connectivity index (χ1n) is 22.8. The monoisotopic (exact) mass is 951 g/mol. The fraction of sp³-hybridized carbons (Fsp3) is 0.689. The molecule has 378 valence electrons. The summed E-state index contributed by atoms with van der Waals surface area (Å²) in [6.07, 6.45) is -0.695. The van der Waals surface area contributed by atoms with E-state index in [2.05, 4.69) is 21.3 Å². The van der Waals surface area contributed by atoms with Crippen LogP contribution in [0.3, 0.4) is 0 Å². The van der Waals surface area contributed by atoms with Gasteiger partial charge in [-0.1, -0.05) is 39.8 Å². The maximum absolute atomic E-state index is 13.5. The molecule has 22 nitrogen and oxygen atoms in total. The molecule has 2 rings (SSSR count). The van der Waals surface area contributed by atoms with Crippen LogP contribution in [-0.2, 0) is 59.0 Å². The third-order valence-electron chi connectivity index (χ3n) is 10.3. The van der Waals surface area contributed by atoms with Crippen molar-refractivity contribution in [2.75, 3.05) is 98.4 Å². The smallest absolute Gasteiger partial charge is 0.409 e. The molecule has 1 aliphatic rings. The number of hydrogen-bond donors (Lipinski definition) is 5. The third-order valence-corrected chi connectivity index (χ3v) is 10.3. The molecular weight excluding hydrogens is 877 g/mol. The summed E-state index contributed by atoms with van der Waals surface area (Å²) in [4.78, 5) is 104. The van der Waals surface area contributed by atoms with Crippen molar-refractivity contribution in [3.8, 4) is 0 Å². The SMILES string of the molecule is CC(C)OC(=O)N(C)CCN(C)C(=O)OCc1ccc(NC(=O)[C@H](CCCNC(N)=O)NC(=O)C(NC(=O)CCOCCOCCOCCOCCN2C(=O)CC(C(C)C)C2=O)C(C)C)cc1. The molecule has 1 aromatic carbocycles. The molecule has 0 radical (unpaired) electrons. The van der Waals surface area contributed by atoms with Gasteiger partial charge in [0.25, 0.3) is 0 Å². The number of carbonyl (C=O) groups is 8. The van der Waals surface area contributed by atoms with Crippen LogP contribution in [0.1, 0.15) is 72.8 Å². The quantitative estimate of drug-likeness (QED) is 0.0512. The van der Waals surface area contributed by atoms with Gasteiger partial charge in [0, 0.05) is 58.2 Å². The van der Waals surface area contributed by atoms with Crippen molar-refractivity contribution >= 4 is 53.4 Å². The van der Waals surface area contributed by atoms with Gasteiger partial charge in [0.15, 0.2) is 0 Å². The second-order valence-corrected chi connectivity index (χ2v) is 16.9. The number of rotatable bonds is 32. The van der Waals surface area contributed by atoms with E-state index in [1.54, 1.807) is 66.1 Å². The molecular formula is C45H74N8O14. The average molecular weight is 951 g/mol. The van der Waals surface area contributed by atoms with E-state index in [9.17, 15) is 38.4 Å². The van der Waals surface area contributed by atoms with Gasteiger partial charge in [-0.2, -0.15) is 0 Å². The van der Waals surface area contributed by atoms with Crippen LogP contribution in [0.15, 0.2) is 24.3 Å². The minimum Gasteiger partial charge on any atom is -0.447 e. The van der Waals surface area contributed by atoms with E-state index in [1.807, 2.05) is 13.8 Å². The van der Waals surface area contributed by atoms with E-state index in [0.717, 1.165) is 0 Å². The Bertz CT molecular complexity index is 1730. The van der Waals surface area contributed by atoms with Crippen LogP contribution in [0.4, 0.5) is 20.1 Å². The molecule has 0 spiro atoms. The number of amides is 9. The van der Waals surface area contributed by atoms with Crippen LogP contribution >= 0.6 is 0 Å². The third kappa shape index (κ3) is 23.1. The molecule has 2 unspecified atom stereocenters. The molecule has 0 bridgehead atoms. The lowest BCUT2D eigenvalue weighted by atomic mass is 9.94. The van der Waals surface area contributed by atoms with E-state index in [4.69, 9.17) is 34.2 Å². The molecule has 1 heterocycles. The molecule has 0 aromatic heterocycles. The Balaban J connectivity index is 1.73. The second kappa shape index (κ2) is 31.4. The summed E-state index contributed by atoms with van der Waals surface area (Å²) in [6, 6.07) is 3.81. The highest BCUT2D eigenvalue weighted by Gasteiger charge is 2.39. The number of urea groups is 1. The molecule has 0 saturated carbocycles. The predicted molar refractivity (Wildman–Crippen MR) is 245 cm³/mol. The molecule has 1 saturated heterocycles. The molecule has 9 amide bonds. The number of nitrogens with one attached hydrogen (secondary N) is 4. The number of primary amides is 1. The average Bonchev–Trinajstić information content (AvgIpc) is 3.56. The van der Waals surface area contributed by atoms with Gasteiger partial charge >= 0.3 is 18.2 Å². The van der Waals surface area contributed by atoms with Crippen molar-refractivity contribution in [1.29, 1.82) is 0 Å². The molecule has 0 aliphatic carbocycles. The second-order valence-electron chi connectivity index (χ2n) is 16.9. The Kier molecular flexibility index (Phi) is 27.0. The number of likely N-dealkylation sites (N-methyl/N-ethyl adjacent to an activating group) is 2. The van der Waals surface area contributed by atoms with E-state index in [0.29, 0.717) is 44.1 Å². The van der Waals surface area contributed by atoms with Crippen molar-refractivity contribution in [2.24, 2.45) is 23.5 Å². The zero-order valence-corrected chi connectivity index (χ0v) is 40.4. The Morgan fingerprint density at radius 2 is 1.33 bits per heavy atom. The molecule has 1 fully saturated rings. The molecule has 67 heavy (non-hydrogen) atoms. The molecule has 1 aromatic rings. The van der Waals surface area contributed by atoms with Crippen LogP contribution < -0.4 is 27.0 Å². The molecule has 22 heteroatoms. The number of hydrogen-bond acceptors (Lipinski definition) is 14. The number of benzene rings is 1. The summed E-state index contributed by atoms with van der Waals surface area (Å²) >= 11 is 0. The molecule has 3 atom stereocenters. The Morgan fingerprint density at radius 3 is 1.87 bits per heavy atom. The summed E-state index contributed by atoms with van der Waals surface area (Å²) in [5.41, 5.74) is 6.23. The summed E-state index contributed by atoms with van der Waals surface area (Å²) in [7, 11) is 3.12. The lowest BCUT2D eigenvalue weighted by Crippen LogP contribution is -2.54. The first kappa shape index (κ1) is 57.5. The number of imide groups is 1. The van der Waals surface area contributed by atoms with Crippen LogP contribution in [-0.4, -0.2) is 174 Å². The lowest BCUT2D eigenvalue weighted by Gasteiger charge is -2.25. The van der Waals surface area contributed by atoms with Gasteiger partial charge in [-0.3, -0.25) is 28.9 Å². The van der Waals surface area contributed by atoms with Gasteiger partial charge in [0.1, 0.15) is 18.7 Å². The van der Waals surface area contributed by atoms with Crippen molar-refractivity contribution in [3.63, 3.8) is 0 Å². The molecule has 6 N–H and O–H groups in total. The van der Waals surface area contributed by atoms with Gasteiger partial charge in [-0.25, -0.2) is 14.4 Å². The van der Waals surface area contributed by atoms with Gasteiger partial charge in [0.2, 0.25) is 29.5 Å². The van der Waals surface area contributed by atoms with Crippen LogP contribution in [0.25, 0.3) is 0 Å². The van der Waals surface area contributed by atoms with Crippen LogP contribution in [0.2, 0.25) is 0 Å². The van der Waals surface area contributed by atoms with Gasteiger partial charge in [-0.05, 0) is 56.2 Å². The predicted octanol–water partition coefficient (Wildman–Crippen LogP) is 2.23. The minimum atomic E-state index is -1.05. The number of likely N-dealkylation sites (tertiary alicyclic amines) is 1. The highest BCUT2D eigenvalue weighted by Crippen LogP contribution is 2.26.